The van der Waals surface area contributed by atoms with E-state index in [2.05, 4.69) is 53.4 Å². The molecule has 0 spiro atoms. The number of aryl methyl sites for hydroxylation is 1. The molecular formula is C25H30N4O2. The molecule has 2 aliphatic heterocycles. The Labute approximate surface area is 184 Å². The Morgan fingerprint density at radius 3 is 2.71 bits per heavy atom. The highest BCUT2D eigenvalue weighted by Crippen LogP contribution is 2.35. The quantitative estimate of drug-likeness (QED) is 0.614. The van der Waals surface area contributed by atoms with Crippen molar-refractivity contribution < 1.29 is 9.47 Å². The second-order valence-corrected chi connectivity index (χ2v) is 8.57. The van der Waals surface area contributed by atoms with E-state index in [-0.39, 0.29) is 0 Å². The van der Waals surface area contributed by atoms with Crippen LogP contribution in [0.5, 0.6) is 11.5 Å². The SMILES string of the molecule is CN(CCN1CCc2ccccc2C1)Cc1cn(C)nc1-c1ccc2c(c1)OCCO2. The molecule has 2 aliphatic rings. The maximum absolute atomic E-state index is 5.77. The normalized spacial score (nSPS) is 15.8. The van der Waals surface area contributed by atoms with Gasteiger partial charge >= 0.3 is 0 Å². The number of likely N-dealkylation sites (N-methyl/N-ethyl adjacent to an activating group) is 1. The lowest BCUT2D eigenvalue weighted by atomic mass is 10.00. The number of nitrogens with zero attached hydrogens (tertiary/aromatic N) is 4. The van der Waals surface area contributed by atoms with Gasteiger partial charge in [0.05, 0.1) is 5.69 Å². The van der Waals surface area contributed by atoms with Gasteiger partial charge in [-0.15, -0.1) is 0 Å². The van der Waals surface area contributed by atoms with Gasteiger partial charge in [0.2, 0.25) is 0 Å². The monoisotopic (exact) mass is 418 g/mol. The highest BCUT2D eigenvalue weighted by Gasteiger charge is 2.19. The fourth-order valence-corrected chi connectivity index (χ4v) is 4.51. The molecule has 0 saturated carbocycles. The van der Waals surface area contributed by atoms with Crippen molar-refractivity contribution in [3.63, 3.8) is 0 Å². The van der Waals surface area contributed by atoms with E-state index in [1.807, 2.05) is 23.9 Å². The molecule has 2 aromatic carbocycles. The number of benzene rings is 2. The molecule has 31 heavy (non-hydrogen) atoms. The summed E-state index contributed by atoms with van der Waals surface area (Å²) in [6.45, 7) is 6.35. The minimum atomic E-state index is 0.593. The van der Waals surface area contributed by atoms with Gasteiger partial charge in [0.1, 0.15) is 13.2 Å². The summed E-state index contributed by atoms with van der Waals surface area (Å²) in [6, 6.07) is 14.9. The van der Waals surface area contributed by atoms with Crippen LogP contribution in [-0.4, -0.2) is 59.5 Å². The number of ether oxygens (including phenoxy) is 2. The summed E-state index contributed by atoms with van der Waals surface area (Å²) < 4.78 is 13.3. The zero-order valence-electron chi connectivity index (χ0n) is 18.4. The van der Waals surface area contributed by atoms with Crippen molar-refractivity contribution in [3.8, 4) is 22.8 Å². The van der Waals surface area contributed by atoms with Crippen LogP contribution in [0.3, 0.4) is 0 Å². The Balaban J connectivity index is 1.24. The van der Waals surface area contributed by atoms with Gasteiger partial charge < -0.3 is 14.4 Å². The maximum atomic E-state index is 5.77. The van der Waals surface area contributed by atoms with Crippen molar-refractivity contribution in [1.82, 2.24) is 19.6 Å². The predicted octanol–water partition coefficient (Wildman–Crippen LogP) is 3.35. The van der Waals surface area contributed by atoms with Gasteiger partial charge in [0.15, 0.2) is 11.5 Å². The summed E-state index contributed by atoms with van der Waals surface area (Å²) >= 11 is 0. The fraction of sp³-hybridized carbons (Fsp3) is 0.400. The third kappa shape index (κ3) is 4.45. The highest BCUT2D eigenvalue weighted by molar-refractivity contribution is 5.66. The van der Waals surface area contributed by atoms with Crippen molar-refractivity contribution in [1.29, 1.82) is 0 Å². The summed E-state index contributed by atoms with van der Waals surface area (Å²) in [4.78, 5) is 4.95. The third-order valence-electron chi connectivity index (χ3n) is 6.17. The molecule has 0 bridgehead atoms. The van der Waals surface area contributed by atoms with Gasteiger partial charge in [0.25, 0.3) is 0 Å². The van der Waals surface area contributed by atoms with Crippen molar-refractivity contribution in [2.24, 2.45) is 7.05 Å². The van der Waals surface area contributed by atoms with Crippen LogP contribution in [0.15, 0.2) is 48.7 Å². The summed E-state index contributed by atoms with van der Waals surface area (Å²) in [5.41, 5.74) is 6.29. The lowest BCUT2D eigenvalue weighted by molar-refractivity contribution is 0.171. The molecule has 0 atom stereocenters. The molecule has 0 N–H and O–H groups in total. The average Bonchev–Trinajstić information content (AvgIpc) is 3.17. The molecule has 3 aromatic rings. The molecule has 1 aromatic heterocycles. The smallest absolute Gasteiger partial charge is 0.162 e. The van der Waals surface area contributed by atoms with Gasteiger partial charge in [-0.25, -0.2) is 0 Å². The largest absolute Gasteiger partial charge is 0.486 e. The molecule has 5 rings (SSSR count). The van der Waals surface area contributed by atoms with E-state index in [4.69, 9.17) is 14.6 Å². The van der Waals surface area contributed by atoms with E-state index in [1.165, 1.54) is 16.7 Å². The molecule has 6 nitrogen and oxygen atoms in total. The van der Waals surface area contributed by atoms with E-state index in [0.29, 0.717) is 13.2 Å². The zero-order valence-corrected chi connectivity index (χ0v) is 18.4. The second-order valence-electron chi connectivity index (χ2n) is 8.57. The summed E-state index contributed by atoms with van der Waals surface area (Å²) in [6.07, 6.45) is 3.27. The van der Waals surface area contributed by atoms with Crippen LogP contribution in [-0.2, 0) is 26.6 Å². The van der Waals surface area contributed by atoms with Gasteiger partial charge in [-0.1, -0.05) is 24.3 Å². The van der Waals surface area contributed by atoms with Crippen molar-refractivity contribution in [3.05, 3.63) is 65.4 Å². The van der Waals surface area contributed by atoms with E-state index in [9.17, 15) is 0 Å². The first-order valence-electron chi connectivity index (χ1n) is 11.1. The Kier molecular flexibility index (Phi) is 5.66. The van der Waals surface area contributed by atoms with Gasteiger partial charge in [-0.2, -0.15) is 5.10 Å². The Morgan fingerprint density at radius 2 is 1.84 bits per heavy atom. The number of rotatable bonds is 6. The summed E-state index contributed by atoms with van der Waals surface area (Å²) in [5.74, 6) is 1.62. The number of aromatic nitrogens is 2. The standard InChI is InChI=1S/C25H30N4O2/c1-27(11-12-29-10-9-19-5-3-4-6-21(19)18-29)16-22-17-28(2)26-25(22)20-7-8-23-24(15-20)31-14-13-30-23/h3-8,15,17H,9-14,16,18H2,1-2H3. The van der Waals surface area contributed by atoms with Crippen LogP contribution in [0.4, 0.5) is 0 Å². The van der Waals surface area contributed by atoms with Gasteiger partial charge in [-0.05, 0) is 42.8 Å². The first kappa shape index (κ1) is 20.1. The Hall–Kier alpha value is -2.83. The van der Waals surface area contributed by atoms with Crippen LogP contribution in [0.25, 0.3) is 11.3 Å². The van der Waals surface area contributed by atoms with Crippen LogP contribution < -0.4 is 9.47 Å². The number of hydrogen-bond acceptors (Lipinski definition) is 5. The van der Waals surface area contributed by atoms with Crippen molar-refractivity contribution in [2.75, 3.05) is 39.9 Å². The van der Waals surface area contributed by atoms with E-state index in [1.54, 1.807) is 0 Å². The van der Waals surface area contributed by atoms with Crippen LogP contribution in [0, 0.1) is 0 Å². The molecule has 0 fully saturated rings. The zero-order chi connectivity index (χ0) is 21.2. The number of hydrogen-bond donors (Lipinski definition) is 0. The molecule has 6 heteroatoms. The topological polar surface area (TPSA) is 42.8 Å². The average molecular weight is 419 g/mol. The molecule has 0 amide bonds. The molecule has 0 aliphatic carbocycles. The first-order chi connectivity index (χ1) is 15.2. The molecular weight excluding hydrogens is 388 g/mol. The molecule has 0 unspecified atom stereocenters. The van der Waals surface area contributed by atoms with E-state index >= 15 is 0 Å². The number of fused-ring (bicyclic) bond motifs is 2. The molecule has 0 radical (unpaired) electrons. The van der Waals surface area contributed by atoms with Crippen LogP contribution in [0.2, 0.25) is 0 Å². The fourth-order valence-electron chi connectivity index (χ4n) is 4.51. The molecule has 162 valence electrons. The minimum absolute atomic E-state index is 0.593. The van der Waals surface area contributed by atoms with Crippen LogP contribution in [0.1, 0.15) is 16.7 Å². The highest BCUT2D eigenvalue weighted by atomic mass is 16.6. The Bertz CT molecular complexity index is 1060. The molecule has 3 heterocycles. The maximum Gasteiger partial charge on any atom is 0.162 e. The third-order valence-corrected chi connectivity index (χ3v) is 6.17. The summed E-state index contributed by atoms with van der Waals surface area (Å²) in [7, 11) is 4.18. The van der Waals surface area contributed by atoms with Crippen molar-refractivity contribution in [2.45, 2.75) is 19.5 Å². The predicted molar refractivity (Wildman–Crippen MR) is 121 cm³/mol. The van der Waals surface area contributed by atoms with E-state index in [0.717, 1.165) is 61.9 Å². The van der Waals surface area contributed by atoms with Gasteiger partial charge in [-0.3, -0.25) is 9.58 Å². The molecule has 0 saturated heterocycles. The minimum Gasteiger partial charge on any atom is -0.486 e. The van der Waals surface area contributed by atoms with Crippen molar-refractivity contribution >= 4 is 0 Å². The van der Waals surface area contributed by atoms with Gasteiger partial charge in [0, 0.05) is 57.1 Å². The lowest BCUT2D eigenvalue weighted by Crippen LogP contribution is -2.36. The first-order valence-corrected chi connectivity index (χ1v) is 11.1. The Morgan fingerprint density at radius 1 is 1.03 bits per heavy atom. The van der Waals surface area contributed by atoms with Crippen LogP contribution >= 0.6 is 0 Å². The second kappa shape index (κ2) is 8.73. The summed E-state index contributed by atoms with van der Waals surface area (Å²) in [5, 5.41) is 4.74. The van der Waals surface area contributed by atoms with E-state index < -0.39 is 0 Å². The lowest BCUT2D eigenvalue weighted by Gasteiger charge is -2.30.